The summed E-state index contributed by atoms with van der Waals surface area (Å²) in [5.74, 6) is 0. The first-order valence-electron chi connectivity index (χ1n) is 7.18. The number of aryl methyl sites for hydroxylation is 1. The molecular formula is C14H22ClN3O2S. The molecule has 0 spiro atoms. The summed E-state index contributed by atoms with van der Waals surface area (Å²) in [6.07, 6.45) is 0.804. The first-order chi connectivity index (χ1) is 9.99. The normalized spacial score (nSPS) is 17.0. The monoisotopic (exact) mass is 331 g/mol. The van der Waals surface area contributed by atoms with E-state index in [1.807, 2.05) is 0 Å². The topological polar surface area (TPSA) is 61.4 Å². The summed E-state index contributed by atoms with van der Waals surface area (Å²) in [7, 11) is -3.48. The first kappa shape index (κ1) is 16.7. The number of rotatable bonds is 6. The van der Waals surface area contributed by atoms with E-state index < -0.39 is 10.0 Å². The van der Waals surface area contributed by atoms with Crippen molar-refractivity contribution in [2.24, 2.45) is 0 Å². The average Bonchev–Trinajstić information content (AvgIpc) is 2.47. The molecule has 0 saturated carbocycles. The van der Waals surface area contributed by atoms with Crippen LogP contribution in [0.5, 0.6) is 0 Å². The number of benzene rings is 1. The second-order valence-electron chi connectivity index (χ2n) is 5.25. The van der Waals surface area contributed by atoms with Gasteiger partial charge in [-0.15, -0.1) is 0 Å². The SMILES string of the molecule is Cc1ccc(Cl)cc1S(=O)(=O)NCCCN1CCNCC1. The lowest BCUT2D eigenvalue weighted by molar-refractivity contribution is 0.239. The number of nitrogens with zero attached hydrogens (tertiary/aromatic N) is 1. The molecule has 2 N–H and O–H groups in total. The smallest absolute Gasteiger partial charge is 0.240 e. The van der Waals surface area contributed by atoms with Gasteiger partial charge in [-0.3, -0.25) is 0 Å². The van der Waals surface area contributed by atoms with E-state index in [-0.39, 0.29) is 4.90 Å². The molecule has 0 aromatic heterocycles. The van der Waals surface area contributed by atoms with Crippen LogP contribution in [0.15, 0.2) is 23.1 Å². The van der Waals surface area contributed by atoms with Crippen LogP contribution < -0.4 is 10.0 Å². The third-order valence-corrected chi connectivity index (χ3v) is 5.43. The molecule has 118 valence electrons. The predicted octanol–water partition coefficient (Wildman–Crippen LogP) is 1.22. The highest BCUT2D eigenvalue weighted by Gasteiger charge is 2.17. The van der Waals surface area contributed by atoms with Gasteiger partial charge in [0.05, 0.1) is 4.90 Å². The number of halogens is 1. The zero-order chi connectivity index (χ0) is 15.3. The molecule has 5 nitrogen and oxygen atoms in total. The molecule has 1 aliphatic heterocycles. The largest absolute Gasteiger partial charge is 0.314 e. The Kier molecular flexibility index (Phi) is 6.01. The highest BCUT2D eigenvalue weighted by Crippen LogP contribution is 2.19. The van der Waals surface area contributed by atoms with Crippen LogP contribution in [0.25, 0.3) is 0 Å². The van der Waals surface area contributed by atoms with E-state index in [0.717, 1.165) is 39.1 Å². The van der Waals surface area contributed by atoms with E-state index >= 15 is 0 Å². The molecule has 0 unspecified atom stereocenters. The Morgan fingerprint density at radius 1 is 1.33 bits per heavy atom. The van der Waals surface area contributed by atoms with Crippen LogP contribution in [0, 0.1) is 6.92 Å². The van der Waals surface area contributed by atoms with Gasteiger partial charge in [-0.2, -0.15) is 0 Å². The standard InChI is InChI=1S/C14H22ClN3O2S/c1-12-3-4-13(15)11-14(12)21(19,20)17-5-2-8-18-9-6-16-7-10-18/h3-4,11,16-17H,2,5-10H2,1H3. The van der Waals surface area contributed by atoms with Crippen molar-refractivity contribution in [3.05, 3.63) is 28.8 Å². The van der Waals surface area contributed by atoms with Gasteiger partial charge in [-0.25, -0.2) is 13.1 Å². The van der Waals surface area contributed by atoms with Crippen LogP contribution >= 0.6 is 11.6 Å². The van der Waals surface area contributed by atoms with Crippen molar-refractivity contribution in [3.8, 4) is 0 Å². The van der Waals surface area contributed by atoms with Gasteiger partial charge >= 0.3 is 0 Å². The van der Waals surface area contributed by atoms with Gasteiger partial charge in [0, 0.05) is 37.7 Å². The number of nitrogens with one attached hydrogen (secondary N) is 2. The van der Waals surface area contributed by atoms with E-state index in [4.69, 9.17) is 11.6 Å². The molecule has 0 aliphatic carbocycles. The summed E-state index contributed by atoms with van der Waals surface area (Å²) >= 11 is 5.88. The Labute approximate surface area is 131 Å². The lowest BCUT2D eigenvalue weighted by atomic mass is 10.2. The molecule has 2 rings (SSSR count). The molecule has 7 heteroatoms. The quantitative estimate of drug-likeness (QED) is 0.770. The van der Waals surface area contributed by atoms with Crippen molar-refractivity contribution in [2.75, 3.05) is 39.3 Å². The Hall–Kier alpha value is -0.660. The molecule has 1 aromatic rings. The van der Waals surface area contributed by atoms with Crippen molar-refractivity contribution in [2.45, 2.75) is 18.2 Å². The van der Waals surface area contributed by atoms with Crippen LogP contribution in [0.4, 0.5) is 0 Å². The molecule has 21 heavy (non-hydrogen) atoms. The minimum absolute atomic E-state index is 0.261. The summed E-state index contributed by atoms with van der Waals surface area (Å²) in [6.45, 7) is 7.20. The summed E-state index contributed by atoms with van der Waals surface area (Å²) in [5, 5.41) is 3.73. The van der Waals surface area contributed by atoms with E-state index in [1.54, 1.807) is 19.1 Å². The zero-order valence-electron chi connectivity index (χ0n) is 12.2. The third kappa shape index (κ3) is 4.93. The molecule has 1 fully saturated rings. The van der Waals surface area contributed by atoms with Gasteiger partial charge in [-0.1, -0.05) is 17.7 Å². The Morgan fingerprint density at radius 2 is 2.05 bits per heavy atom. The maximum Gasteiger partial charge on any atom is 0.240 e. The fourth-order valence-electron chi connectivity index (χ4n) is 2.39. The van der Waals surface area contributed by atoms with Crippen LogP contribution in [0.3, 0.4) is 0 Å². The number of piperazine rings is 1. The van der Waals surface area contributed by atoms with Crippen molar-refractivity contribution in [1.82, 2.24) is 14.9 Å². The summed E-state index contributed by atoms with van der Waals surface area (Å²) in [5.41, 5.74) is 0.703. The van der Waals surface area contributed by atoms with Gasteiger partial charge < -0.3 is 10.2 Å². The molecule has 1 saturated heterocycles. The third-order valence-electron chi connectivity index (χ3n) is 3.59. The molecular weight excluding hydrogens is 310 g/mol. The van der Waals surface area contributed by atoms with Crippen molar-refractivity contribution < 1.29 is 8.42 Å². The molecule has 1 aliphatic rings. The summed E-state index contributed by atoms with van der Waals surface area (Å²) < 4.78 is 27.2. The maximum absolute atomic E-state index is 12.3. The van der Waals surface area contributed by atoms with E-state index in [9.17, 15) is 8.42 Å². The fourth-order valence-corrected chi connectivity index (χ4v) is 3.96. The molecule has 0 bridgehead atoms. The van der Waals surface area contributed by atoms with Crippen LogP contribution in [0.2, 0.25) is 5.02 Å². The van der Waals surface area contributed by atoms with Crippen LogP contribution in [-0.4, -0.2) is 52.6 Å². The lowest BCUT2D eigenvalue weighted by Gasteiger charge is -2.27. The second kappa shape index (κ2) is 7.56. The van der Waals surface area contributed by atoms with Crippen molar-refractivity contribution >= 4 is 21.6 Å². The molecule has 0 radical (unpaired) electrons. The maximum atomic E-state index is 12.3. The first-order valence-corrected chi connectivity index (χ1v) is 9.04. The summed E-state index contributed by atoms with van der Waals surface area (Å²) in [6, 6.07) is 4.91. The number of sulfonamides is 1. The predicted molar refractivity (Wildman–Crippen MR) is 85.3 cm³/mol. The van der Waals surface area contributed by atoms with Gasteiger partial charge in [0.25, 0.3) is 0 Å². The van der Waals surface area contributed by atoms with Crippen LogP contribution in [-0.2, 0) is 10.0 Å². The lowest BCUT2D eigenvalue weighted by Crippen LogP contribution is -2.44. The van der Waals surface area contributed by atoms with Crippen molar-refractivity contribution in [3.63, 3.8) is 0 Å². The highest BCUT2D eigenvalue weighted by atomic mass is 35.5. The van der Waals surface area contributed by atoms with Crippen LogP contribution in [0.1, 0.15) is 12.0 Å². The van der Waals surface area contributed by atoms with Gasteiger partial charge in [0.2, 0.25) is 10.0 Å². The molecule has 0 amide bonds. The fraction of sp³-hybridized carbons (Fsp3) is 0.571. The minimum atomic E-state index is -3.48. The van der Waals surface area contributed by atoms with E-state index in [0.29, 0.717) is 17.1 Å². The summed E-state index contributed by atoms with van der Waals surface area (Å²) in [4.78, 5) is 2.60. The zero-order valence-corrected chi connectivity index (χ0v) is 13.8. The number of hydrogen-bond donors (Lipinski definition) is 2. The van der Waals surface area contributed by atoms with Gasteiger partial charge in [-0.05, 0) is 37.6 Å². The minimum Gasteiger partial charge on any atom is -0.314 e. The van der Waals surface area contributed by atoms with Gasteiger partial charge in [0.15, 0.2) is 0 Å². The Morgan fingerprint density at radius 3 is 2.76 bits per heavy atom. The molecule has 0 atom stereocenters. The Balaban J connectivity index is 1.85. The van der Waals surface area contributed by atoms with Gasteiger partial charge in [0.1, 0.15) is 0 Å². The number of hydrogen-bond acceptors (Lipinski definition) is 4. The van der Waals surface area contributed by atoms with E-state index in [1.165, 1.54) is 6.07 Å². The van der Waals surface area contributed by atoms with Crippen molar-refractivity contribution in [1.29, 1.82) is 0 Å². The second-order valence-corrected chi connectivity index (χ2v) is 7.42. The highest BCUT2D eigenvalue weighted by molar-refractivity contribution is 7.89. The molecule has 1 aromatic carbocycles. The van der Waals surface area contributed by atoms with E-state index in [2.05, 4.69) is 14.9 Å². The Bertz CT molecular complexity index is 572. The molecule has 1 heterocycles. The average molecular weight is 332 g/mol.